The van der Waals surface area contributed by atoms with E-state index in [0.717, 1.165) is 0 Å². The van der Waals surface area contributed by atoms with Gasteiger partial charge >= 0.3 is 11.9 Å². The van der Waals surface area contributed by atoms with Gasteiger partial charge in [0.25, 0.3) is 0 Å². The van der Waals surface area contributed by atoms with Gasteiger partial charge in [-0.15, -0.1) is 0 Å². The van der Waals surface area contributed by atoms with Crippen molar-refractivity contribution in [2.45, 2.75) is 59.2 Å². The molecule has 0 unspecified atom stereocenters. The van der Waals surface area contributed by atoms with E-state index in [1.807, 2.05) is 20.8 Å². The summed E-state index contributed by atoms with van der Waals surface area (Å²) in [7, 11) is 0. The summed E-state index contributed by atoms with van der Waals surface area (Å²) >= 11 is 0. The van der Waals surface area contributed by atoms with Crippen molar-refractivity contribution in [2.24, 2.45) is 23.2 Å². The quantitative estimate of drug-likeness (QED) is 0.612. The third-order valence-corrected chi connectivity index (χ3v) is 6.11. The molecule has 0 bridgehead atoms. The molecule has 6 nitrogen and oxygen atoms in total. The first-order valence-electron chi connectivity index (χ1n) is 9.09. The standard InChI is InChI=1S/C20H26O6/c1-9(2)6-15(21)26-17-11(4)13-7-12-10(3)19(24)25-14(12)8-20(13,5)18(23)16(17)22/h9,12-14,18,23H,3,6-8H2,1-2,4-5H3/t12-,13+,14-,18+,20-/m1/s1. The van der Waals surface area contributed by atoms with Gasteiger partial charge in [-0.2, -0.15) is 0 Å². The predicted molar refractivity (Wildman–Crippen MR) is 92.6 cm³/mol. The summed E-state index contributed by atoms with van der Waals surface area (Å²) in [4.78, 5) is 36.7. The van der Waals surface area contributed by atoms with Crippen molar-refractivity contribution < 1.29 is 29.0 Å². The largest absolute Gasteiger partial charge is 0.458 e. The van der Waals surface area contributed by atoms with Gasteiger partial charge in [0.2, 0.25) is 5.78 Å². The van der Waals surface area contributed by atoms with Gasteiger partial charge in [-0.3, -0.25) is 9.59 Å². The molecule has 142 valence electrons. The average Bonchev–Trinajstić information content (AvgIpc) is 2.81. The van der Waals surface area contributed by atoms with Crippen LogP contribution in [-0.4, -0.2) is 35.0 Å². The number of allylic oxidation sites excluding steroid dienone is 1. The van der Waals surface area contributed by atoms with Gasteiger partial charge in [-0.05, 0) is 37.2 Å². The minimum atomic E-state index is -1.30. The van der Waals surface area contributed by atoms with Crippen LogP contribution in [0.15, 0.2) is 23.5 Å². The fourth-order valence-corrected chi connectivity index (χ4v) is 4.62. The SMILES string of the molecule is C=C1C(=O)O[C@@H]2C[C@@]3(C)[C@@H](O)C(=O)C(OC(=O)CC(C)C)=C(C)[C@@H]3C[C@H]12. The van der Waals surface area contributed by atoms with Gasteiger partial charge in [0.05, 0.1) is 0 Å². The molecule has 3 aliphatic rings. The second-order valence-corrected chi connectivity index (χ2v) is 8.42. The summed E-state index contributed by atoms with van der Waals surface area (Å²) in [5, 5.41) is 10.7. The van der Waals surface area contributed by atoms with E-state index in [-0.39, 0.29) is 36.0 Å². The molecule has 3 rings (SSSR count). The van der Waals surface area contributed by atoms with E-state index in [1.54, 1.807) is 6.92 Å². The Bertz CT molecular complexity index is 718. The first kappa shape index (κ1) is 18.8. The summed E-state index contributed by atoms with van der Waals surface area (Å²) < 4.78 is 10.7. The van der Waals surface area contributed by atoms with Crippen molar-refractivity contribution >= 4 is 17.7 Å². The number of carbonyl (C=O) groups is 3. The fourth-order valence-electron chi connectivity index (χ4n) is 4.62. The molecule has 0 aromatic carbocycles. The molecule has 26 heavy (non-hydrogen) atoms. The number of ketones is 1. The van der Waals surface area contributed by atoms with Gasteiger partial charge in [-0.25, -0.2) is 4.79 Å². The summed E-state index contributed by atoms with van der Waals surface area (Å²) in [5.74, 6) is -1.71. The number of aliphatic hydroxyl groups excluding tert-OH is 1. The Balaban J connectivity index is 1.94. The zero-order valence-electron chi connectivity index (χ0n) is 15.7. The number of rotatable bonds is 3. The lowest BCUT2D eigenvalue weighted by atomic mass is 9.55. The molecule has 1 heterocycles. The summed E-state index contributed by atoms with van der Waals surface area (Å²) in [6.45, 7) is 11.2. The minimum absolute atomic E-state index is 0.0417. The predicted octanol–water partition coefficient (Wildman–Crippen LogP) is 2.31. The summed E-state index contributed by atoms with van der Waals surface area (Å²) in [6, 6.07) is 0. The van der Waals surface area contributed by atoms with Crippen LogP contribution in [0.25, 0.3) is 0 Å². The molecule has 0 amide bonds. The Morgan fingerprint density at radius 3 is 2.69 bits per heavy atom. The van der Waals surface area contributed by atoms with E-state index in [0.29, 0.717) is 24.0 Å². The molecule has 2 fully saturated rings. The van der Waals surface area contributed by atoms with Gasteiger partial charge in [0.1, 0.15) is 12.2 Å². The number of Topliss-reactive ketones (excluding diaryl/α,β-unsaturated/α-hetero) is 1. The number of esters is 2. The molecule has 6 heteroatoms. The maximum atomic E-state index is 12.7. The number of fused-ring (bicyclic) bond motifs is 2. The second-order valence-electron chi connectivity index (χ2n) is 8.42. The molecular formula is C20H26O6. The van der Waals surface area contributed by atoms with Crippen LogP contribution < -0.4 is 0 Å². The molecule has 2 aliphatic carbocycles. The molecule has 0 radical (unpaired) electrons. The highest BCUT2D eigenvalue weighted by atomic mass is 16.6. The molecule has 0 aromatic rings. The zero-order chi connectivity index (χ0) is 19.4. The molecule has 5 atom stereocenters. The first-order valence-corrected chi connectivity index (χ1v) is 9.09. The van der Waals surface area contributed by atoms with Crippen molar-refractivity contribution in [3.8, 4) is 0 Å². The van der Waals surface area contributed by atoms with Gasteiger partial charge in [0, 0.05) is 23.3 Å². The van der Waals surface area contributed by atoms with Gasteiger partial charge < -0.3 is 14.6 Å². The highest BCUT2D eigenvalue weighted by molar-refractivity contribution is 6.01. The lowest BCUT2D eigenvalue weighted by Crippen LogP contribution is -2.54. The number of carbonyl (C=O) groups excluding carboxylic acids is 3. The second kappa shape index (κ2) is 6.34. The monoisotopic (exact) mass is 362 g/mol. The zero-order valence-corrected chi connectivity index (χ0v) is 15.7. The lowest BCUT2D eigenvalue weighted by Gasteiger charge is -2.50. The molecular weight excluding hydrogens is 336 g/mol. The van der Waals surface area contributed by atoms with Crippen LogP contribution in [0.3, 0.4) is 0 Å². The Hall–Kier alpha value is -1.95. The van der Waals surface area contributed by atoms with Gasteiger partial charge in [0.15, 0.2) is 5.76 Å². The van der Waals surface area contributed by atoms with Crippen LogP contribution in [0.2, 0.25) is 0 Å². The molecule has 1 N–H and O–H groups in total. The van der Waals surface area contributed by atoms with Crippen molar-refractivity contribution in [3.63, 3.8) is 0 Å². The van der Waals surface area contributed by atoms with Crippen molar-refractivity contribution in [1.82, 2.24) is 0 Å². The molecule has 1 aliphatic heterocycles. The Morgan fingerprint density at radius 2 is 2.08 bits per heavy atom. The minimum Gasteiger partial charge on any atom is -0.458 e. The molecule has 1 saturated carbocycles. The third kappa shape index (κ3) is 2.80. The van der Waals surface area contributed by atoms with Crippen LogP contribution in [0.1, 0.15) is 47.0 Å². The van der Waals surface area contributed by atoms with E-state index in [2.05, 4.69) is 6.58 Å². The van der Waals surface area contributed by atoms with E-state index in [4.69, 9.17) is 9.47 Å². The van der Waals surface area contributed by atoms with E-state index < -0.39 is 29.2 Å². The maximum Gasteiger partial charge on any atom is 0.334 e. The maximum absolute atomic E-state index is 12.7. The van der Waals surface area contributed by atoms with E-state index in [9.17, 15) is 19.5 Å². The fraction of sp³-hybridized carbons (Fsp3) is 0.650. The van der Waals surface area contributed by atoms with Crippen LogP contribution >= 0.6 is 0 Å². The highest BCUT2D eigenvalue weighted by Crippen LogP contribution is 2.56. The van der Waals surface area contributed by atoms with E-state index in [1.165, 1.54) is 0 Å². The number of hydrogen-bond donors (Lipinski definition) is 1. The van der Waals surface area contributed by atoms with Crippen LogP contribution in [-0.2, 0) is 23.9 Å². The Kier molecular flexibility index (Phi) is 4.59. The summed E-state index contributed by atoms with van der Waals surface area (Å²) in [6.07, 6.45) is -0.549. The van der Waals surface area contributed by atoms with Crippen molar-refractivity contribution in [2.75, 3.05) is 0 Å². The Morgan fingerprint density at radius 1 is 1.42 bits per heavy atom. The summed E-state index contributed by atoms with van der Waals surface area (Å²) in [5.41, 5.74) is 0.335. The van der Waals surface area contributed by atoms with Crippen LogP contribution in [0, 0.1) is 23.2 Å². The average molecular weight is 362 g/mol. The highest BCUT2D eigenvalue weighted by Gasteiger charge is 2.59. The van der Waals surface area contributed by atoms with Crippen LogP contribution in [0.5, 0.6) is 0 Å². The van der Waals surface area contributed by atoms with Crippen molar-refractivity contribution in [3.05, 3.63) is 23.5 Å². The topological polar surface area (TPSA) is 89.9 Å². The lowest BCUT2D eigenvalue weighted by molar-refractivity contribution is -0.157. The normalized spacial score (nSPS) is 36.8. The smallest absolute Gasteiger partial charge is 0.334 e. The third-order valence-electron chi connectivity index (χ3n) is 6.11. The first-order chi connectivity index (χ1) is 12.1. The van der Waals surface area contributed by atoms with E-state index >= 15 is 0 Å². The Labute approximate surface area is 153 Å². The van der Waals surface area contributed by atoms with Gasteiger partial charge in [-0.1, -0.05) is 27.4 Å². The molecule has 0 aromatic heterocycles. The number of aliphatic hydroxyl groups is 1. The number of hydrogen-bond acceptors (Lipinski definition) is 6. The molecule has 1 saturated heterocycles. The molecule has 0 spiro atoms. The van der Waals surface area contributed by atoms with Crippen molar-refractivity contribution in [1.29, 1.82) is 0 Å². The van der Waals surface area contributed by atoms with Crippen LogP contribution in [0.4, 0.5) is 0 Å². The number of ether oxygens (including phenoxy) is 2.